The van der Waals surface area contributed by atoms with Gasteiger partial charge >= 0.3 is 0 Å². The topological polar surface area (TPSA) is 65.4 Å². The highest BCUT2D eigenvalue weighted by atomic mass is 32.1. The third-order valence-corrected chi connectivity index (χ3v) is 5.17. The molecule has 0 saturated heterocycles. The molecule has 0 amide bonds. The van der Waals surface area contributed by atoms with Crippen molar-refractivity contribution >= 4 is 17.0 Å². The molecule has 112 valence electrons. The molecule has 1 heterocycles. The van der Waals surface area contributed by atoms with Crippen LogP contribution in [0.4, 0.5) is 5.69 Å². The largest absolute Gasteiger partial charge is 0.389 e. The van der Waals surface area contributed by atoms with Crippen molar-refractivity contribution in [3.05, 3.63) is 34.3 Å². The van der Waals surface area contributed by atoms with Crippen molar-refractivity contribution in [2.45, 2.75) is 38.4 Å². The zero-order chi connectivity index (χ0) is 15.0. The first-order valence-corrected chi connectivity index (χ1v) is 8.09. The summed E-state index contributed by atoms with van der Waals surface area (Å²) < 4.78 is 0. The molecule has 3 rings (SSSR count). The molecule has 2 aromatic rings. The molecule has 1 aliphatic carbocycles. The summed E-state index contributed by atoms with van der Waals surface area (Å²) in [6, 6.07) is 5.93. The first-order valence-electron chi connectivity index (χ1n) is 7.28. The van der Waals surface area contributed by atoms with Gasteiger partial charge in [0.25, 0.3) is 0 Å². The van der Waals surface area contributed by atoms with Crippen LogP contribution in [0.5, 0.6) is 0 Å². The summed E-state index contributed by atoms with van der Waals surface area (Å²) in [7, 11) is 1.86. The fourth-order valence-corrected chi connectivity index (χ4v) is 3.95. The number of aryl methyl sites for hydroxylation is 1. The van der Waals surface area contributed by atoms with E-state index < -0.39 is 6.10 Å². The summed E-state index contributed by atoms with van der Waals surface area (Å²) in [5.74, 6) is 0. The molecule has 0 spiro atoms. The quantitative estimate of drug-likeness (QED) is 0.814. The van der Waals surface area contributed by atoms with Crippen LogP contribution in [0.1, 0.15) is 48.1 Å². The Bertz CT molecular complexity index is 652. The number of rotatable bonds is 3. The van der Waals surface area contributed by atoms with Gasteiger partial charge in [0, 0.05) is 18.3 Å². The molecule has 3 N–H and O–H groups in total. The zero-order valence-corrected chi connectivity index (χ0v) is 13.1. The number of aromatic nitrogens is 1. The molecule has 2 atom stereocenters. The number of fused-ring (bicyclic) bond motifs is 1. The van der Waals surface area contributed by atoms with Crippen LogP contribution in [0, 0.1) is 0 Å². The second-order valence-electron chi connectivity index (χ2n) is 5.47. The van der Waals surface area contributed by atoms with Crippen LogP contribution >= 0.6 is 11.3 Å². The Morgan fingerprint density at radius 1 is 1.43 bits per heavy atom. The molecule has 0 radical (unpaired) electrons. The van der Waals surface area contributed by atoms with Crippen LogP contribution in [0.25, 0.3) is 10.6 Å². The Balaban J connectivity index is 2.08. The monoisotopic (exact) mass is 304 g/mol. The smallest absolute Gasteiger partial charge is 0.124 e. The van der Waals surface area contributed by atoms with Gasteiger partial charge in [-0.2, -0.15) is 0 Å². The number of hydrogen-bond acceptors (Lipinski definition) is 5. The molecule has 1 aromatic carbocycles. The van der Waals surface area contributed by atoms with Gasteiger partial charge in [0.15, 0.2) is 0 Å². The average molecular weight is 304 g/mol. The van der Waals surface area contributed by atoms with Crippen molar-refractivity contribution < 1.29 is 10.2 Å². The maximum Gasteiger partial charge on any atom is 0.124 e. The highest BCUT2D eigenvalue weighted by molar-refractivity contribution is 7.15. The van der Waals surface area contributed by atoms with E-state index in [9.17, 15) is 10.2 Å². The van der Waals surface area contributed by atoms with Crippen molar-refractivity contribution in [1.82, 2.24) is 4.98 Å². The van der Waals surface area contributed by atoms with Gasteiger partial charge in [-0.3, -0.25) is 0 Å². The maximum absolute atomic E-state index is 10.1. The summed E-state index contributed by atoms with van der Waals surface area (Å²) in [5, 5.41) is 24.1. The third-order valence-electron chi connectivity index (χ3n) is 3.94. The fraction of sp³-hybridized carbons (Fsp3) is 0.438. The van der Waals surface area contributed by atoms with E-state index in [2.05, 4.69) is 5.32 Å². The molecule has 4 nitrogen and oxygen atoms in total. The average Bonchev–Trinajstić information content (AvgIpc) is 2.92. The molecular formula is C16H20N2O2S. The minimum Gasteiger partial charge on any atom is -0.389 e. The van der Waals surface area contributed by atoms with Crippen molar-refractivity contribution in [2.75, 3.05) is 12.4 Å². The van der Waals surface area contributed by atoms with Crippen LogP contribution in [-0.2, 0) is 6.42 Å². The molecule has 21 heavy (non-hydrogen) atoms. The Morgan fingerprint density at radius 3 is 2.90 bits per heavy atom. The second-order valence-corrected chi connectivity index (χ2v) is 6.50. The SMILES string of the molecule is CNc1ccc(-c2nc3c(s2)C(O)CCC3)c(C(C)O)c1. The standard InChI is InChI=1S/C16H20N2O2S/c1-9(19)12-8-10(17-2)6-7-11(12)16-18-13-4-3-5-14(20)15(13)21-16/h6-9,14,17,19-20H,3-5H2,1-2H3. The van der Waals surface area contributed by atoms with E-state index in [0.717, 1.165) is 51.7 Å². The zero-order valence-electron chi connectivity index (χ0n) is 12.3. The Kier molecular flexibility index (Phi) is 3.97. The predicted molar refractivity (Wildman–Crippen MR) is 85.6 cm³/mol. The van der Waals surface area contributed by atoms with Gasteiger partial charge in [0.2, 0.25) is 0 Å². The molecular weight excluding hydrogens is 284 g/mol. The lowest BCUT2D eigenvalue weighted by Gasteiger charge is -2.14. The summed E-state index contributed by atoms with van der Waals surface area (Å²) in [6.45, 7) is 1.76. The number of aliphatic hydroxyl groups excluding tert-OH is 2. The van der Waals surface area contributed by atoms with Crippen LogP contribution < -0.4 is 5.32 Å². The van der Waals surface area contributed by atoms with E-state index in [4.69, 9.17) is 4.98 Å². The van der Waals surface area contributed by atoms with Crippen molar-refractivity contribution in [3.63, 3.8) is 0 Å². The van der Waals surface area contributed by atoms with Gasteiger partial charge in [0.05, 0.1) is 22.8 Å². The van der Waals surface area contributed by atoms with Crippen molar-refractivity contribution in [3.8, 4) is 10.6 Å². The number of nitrogens with zero attached hydrogens (tertiary/aromatic N) is 1. The van der Waals surface area contributed by atoms with Crippen LogP contribution in [0.15, 0.2) is 18.2 Å². The lowest BCUT2D eigenvalue weighted by Crippen LogP contribution is -2.06. The molecule has 5 heteroatoms. The van der Waals surface area contributed by atoms with E-state index in [1.54, 1.807) is 18.3 Å². The Hall–Kier alpha value is -1.43. The summed E-state index contributed by atoms with van der Waals surface area (Å²) in [6.07, 6.45) is 1.79. The highest BCUT2D eigenvalue weighted by Gasteiger charge is 2.24. The van der Waals surface area contributed by atoms with E-state index >= 15 is 0 Å². The summed E-state index contributed by atoms with van der Waals surface area (Å²) in [4.78, 5) is 5.69. The lowest BCUT2D eigenvalue weighted by atomic mass is 10.0. The van der Waals surface area contributed by atoms with E-state index in [1.165, 1.54) is 0 Å². The predicted octanol–water partition coefficient (Wildman–Crippen LogP) is 3.27. The van der Waals surface area contributed by atoms with Gasteiger partial charge in [-0.15, -0.1) is 11.3 Å². The molecule has 0 saturated carbocycles. The second kappa shape index (κ2) is 5.75. The fourth-order valence-electron chi connectivity index (χ4n) is 2.77. The van der Waals surface area contributed by atoms with E-state index in [1.807, 2.05) is 25.2 Å². The first-order chi connectivity index (χ1) is 10.1. The van der Waals surface area contributed by atoms with Crippen LogP contribution in [-0.4, -0.2) is 22.2 Å². The van der Waals surface area contributed by atoms with Crippen molar-refractivity contribution in [1.29, 1.82) is 0 Å². The third kappa shape index (κ3) is 2.69. The van der Waals surface area contributed by atoms with Crippen LogP contribution in [0.2, 0.25) is 0 Å². The summed E-state index contributed by atoms with van der Waals surface area (Å²) >= 11 is 1.55. The number of nitrogens with one attached hydrogen (secondary N) is 1. The molecule has 2 unspecified atom stereocenters. The molecule has 0 bridgehead atoms. The van der Waals surface area contributed by atoms with Crippen LogP contribution in [0.3, 0.4) is 0 Å². The van der Waals surface area contributed by atoms with Gasteiger partial charge < -0.3 is 15.5 Å². The molecule has 1 aromatic heterocycles. The number of hydrogen-bond donors (Lipinski definition) is 3. The van der Waals surface area contributed by atoms with Gasteiger partial charge in [-0.05, 0) is 49.9 Å². The maximum atomic E-state index is 10.1. The minimum atomic E-state index is -0.556. The molecule has 1 aliphatic rings. The van der Waals surface area contributed by atoms with Crippen molar-refractivity contribution in [2.24, 2.45) is 0 Å². The first kappa shape index (κ1) is 14.5. The van der Waals surface area contributed by atoms with E-state index in [0.29, 0.717) is 0 Å². The van der Waals surface area contributed by atoms with E-state index in [-0.39, 0.29) is 6.10 Å². The Labute approximate surface area is 128 Å². The number of anilines is 1. The number of benzene rings is 1. The van der Waals surface area contributed by atoms with Gasteiger partial charge in [0.1, 0.15) is 5.01 Å². The highest BCUT2D eigenvalue weighted by Crippen LogP contribution is 2.40. The minimum absolute atomic E-state index is 0.383. The molecule has 0 fully saturated rings. The lowest BCUT2D eigenvalue weighted by molar-refractivity contribution is 0.160. The Morgan fingerprint density at radius 2 is 2.24 bits per heavy atom. The van der Waals surface area contributed by atoms with Gasteiger partial charge in [-0.1, -0.05) is 0 Å². The normalized spacial score (nSPS) is 19.1. The number of thiazole rings is 1. The molecule has 0 aliphatic heterocycles. The number of aliphatic hydroxyl groups is 2. The van der Waals surface area contributed by atoms with Gasteiger partial charge in [-0.25, -0.2) is 4.98 Å². The summed E-state index contributed by atoms with van der Waals surface area (Å²) in [5.41, 5.74) is 3.80.